The van der Waals surface area contributed by atoms with Crippen LogP contribution in [0.25, 0.3) is 0 Å². The van der Waals surface area contributed by atoms with Crippen LogP contribution in [0.2, 0.25) is 0 Å². The second-order valence-corrected chi connectivity index (χ2v) is 5.71. The molecule has 0 saturated heterocycles. The number of rotatable bonds is 8. The summed E-state index contributed by atoms with van der Waals surface area (Å²) < 4.78 is 0. The second-order valence-electron chi connectivity index (χ2n) is 5.71. The molecule has 2 rings (SSSR count). The van der Waals surface area contributed by atoms with Gasteiger partial charge in [-0.1, -0.05) is 73.7 Å². The molecule has 4 nitrogen and oxygen atoms in total. The smallest absolute Gasteiger partial charge is 0.247 e. The Labute approximate surface area is 149 Å². The fourth-order valence-corrected chi connectivity index (χ4v) is 2.68. The first-order chi connectivity index (χ1) is 12.2. The summed E-state index contributed by atoms with van der Waals surface area (Å²) >= 11 is 0. The van der Waals surface area contributed by atoms with Gasteiger partial charge in [0.15, 0.2) is 0 Å². The summed E-state index contributed by atoms with van der Waals surface area (Å²) in [5, 5.41) is 2.83. The largest absolute Gasteiger partial charge is 0.351 e. The van der Waals surface area contributed by atoms with Crippen LogP contribution in [-0.2, 0) is 16.1 Å². The van der Waals surface area contributed by atoms with Crippen molar-refractivity contribution in [1.82, 2.24) is 10.2 Å². The molecule has 2 aromatic carbocycles. The molecule has 1 unspecified atom stereocenters. The van der Waals surface area contributed by atoms with E-state index in [4.69, 9.17) is 0 Å². The van der Waals surface area contributed by atoms with Gasteiger partial charge in [0, 0.05) is 19.5 Å². The molecule has 2 amide bonds. The highest BCUT2D eigenvalue weighted by molar-refractivity contribution is 5.88. The van der Waals surface area contributed by atoms with Gasteiger partial charge in [-0.3, -0.25) is 9.59 Å². The van der Waals surface area contributed by atoms with Crippen LogP contribution in [0.4, 0.5) is 0 Å². The van der Waals surface area contributed by atoms with Crippen LogP contribution in [-0.4, -0.2) is 23.3 Å². The van der Waals surface area contributed by atoms with Crippen molar-refractivity contribution in [1.29, 1.82) is 0 Å². The van der Waals surface area contributed by atoms with Crippen LogP contribution in [0, 0.1) is 0 Å². The van der Waals surface area contributed by atoms with Gasteiger partial charge in [-0.2, -0.15) is 0 Å². The van der Waals surface area contributed by atoms with Gasteiger partial charge in [-0.15, -0.1) is 6.58 Å². The molecule has 4 heteroatoms. The number of hydrogen-bond donors (Lipinski definition) is 1. The summed E-state index contributed by atoms with van der Waals surface area (Å²) in [6.45, 7) is 6.19. The van der Waals surface area contributed by atoms with E-state index >= 15 is 0 Å². The van der Waals surface area contributed by atoms with E-state index in [2.05, 4.69) is 11.9 Å². The Morgan fingerprint density at radius 2 is 1.68 bits per heavy atom. The third kappa shape index (κ3) is 5.05. The number of carbonyl (C=O) groups is 2. The van der Waals surface area contributed by atoms with E-state index in [9.17, 15) is 9.59 Å². The van der Waals surface area contributed by atoms with Gasteiger partial charge in [0.25, 0.3) is 0 Å². The minimum atomic E-state index is -0.672. The number of benzene rings is 2. The number of nitrogens with one attached hydrogen (secondary N) is 1. The molecule has 0 fully saturated rings. The molecule has 1 N–H and O–H groups in total. The van der Waals surface area contributed by atoms with Gasteiger partial charge < -0.3 is 10.2 Å². The molecule has 1 atom stereocenters. The van der Waals surface area contributed by atoms with Crippen molar-refractivity contribution in [2.75, 3.05) is 6.54 Å². The Kier molecular flexibility index (Phi) is 6.96. The normalized spacial score (nSPS) is 11.4. The molecule has 130 valence electrons. The summed E-state index contributed by atoms with van der Waals surface area (Å²) in [6.07, 6.45) is 1.97. The highest BCUT2D eigenvalue weighted by Gasteiger charge is 2.30. The topological polar surface area (TPSA) is 49.4 Å². The van der Waals surface area contributed by atoms with Crippen LogP contribution in [0.15, 0.2) is 73.3 Å². The standard InChI is InChI=1S/C21H24N2O2/c1-3-15-22-21(25)20(18-13-9-6-10-14-18)23(19(24)4-2)16-17-11-7-5-8-12-17/h3,5-14,20H,1,4,15-16H2,2H3,(H,22,25). The fraction of sp³-hybridized carbons (Fsp3) is 0.238. The monoisotopic (exact) mass is 336 g/mol. The van der Waals surface area contributed by atoms with Gasteiger partial charge in [0.2, 0.25) is 11.8 Å². The maximum atomic E-state index is 12.8. The van der Waals surface area contributed by atoms with Crippen LogP contribution in [0.5, 0.6) is 0 Å². The van der Waals surface area contributed by atoms with Crippen LogP contribution >= 0.6 is 0 Å². The predicted octanol–water partition coefficient (Wildman–Crippen LogP) is 3.47. The van der Waals surface area contributed by atoms with Crippen molar-refractivity contribution in [2.24, 2.45) is 0 Å². The van der Waals surface area contributed by atoms with Crippen LogP contribution < -0.4 is 5.32 Å². The zero-order valence-electron chi connectivity index (χ0n) is 14.5. The first kappa shape index (κ1) is 18.5. The summed E-state index contributed by atoms with van der Waals surface area (Å²) in [6, 6.07) is 18.4. The molecule has 0 aliphatic rings. The van der Waals surface area contributed by atoms with E-state index in [-0.39, 0.29) is 11.8 Å². The van der Waals surface area contributed by atoms with E-state index < -0.39 is 6.04 Å². The zero-order valence-corrected chi connectivity index (χ0v) is 14.5. The highest BCUT2D eigenvalue weighted by Crippen LogP contribution is 2.24. The molecule has 0 aliphatic heterocycles. The van der Waals surface area contributed by atoms with Gasteiger partial charge in [-0.05, 0) is 11.1 Å². The van der Waals surface area contributed by atoms with Crippen LogP contribution in [0.1, 0.15) is 30.5 Å². The van der Waals surface area contributed by atoms with Crippen molar-refractivity contribution in [3.63, 3.8) is 0 Å². The lowest BCUT2D eigenvalue weighted by Gasteiger charge is -2.31. The van der Waals surface area contributed by atoms with E-state index in [1.165, 1.54) is 0 Å². The van der Waals surface area contributed by atoms with Gasteiger partial charge in [0.05, 0.1) is 0 Å². The molecule has 2 aromatic rings. The Morgan fingerprint density at radius 3 is 2.24 bits per heavy atom. The minimum Gasteiger partial charge on any atom is -0.351 e. The number of carbonyl (C=O) groups excluding carboxylic acids is 2. The summed E-state index contributed by atoms with van der Waals surface area (Å²) in [5.41, 5.74) is 1.78. The summed E-state index contributed by atoms with van der Waals surface area (Å²) in [7, 11) is 0. The lowest BCUT2D eigenvalue weighted by molar-refractivity contribution is -0.141. The van der Waals surface area contributed by atoms with Crippen molar-refractivity contribution in [3.05, 3.63) is 84.4 Å². The van der Waals surface area contributed by atoms with E-state index in [0.717, 1.165) is 11.1 Å². The Bertz CT molecular complexity index is 698. The molecule has 0 heterocycles. The van der Waals surface area contributed by atoms with Crippen LogP contribution in [0.3, 0.4) is 0 Å². The molecule has 0 radical (unpaired) electrons. The molecule has 0 saturated carbocycles. The Hall–Kier alpha value is -2.88. The van der Waals surface area contributed by atoms with Crippen molar-refractivity contribution in [3.8, 4) is 0 Å². The maximum absolute atomic E-state index is 12.8. The average molecular weight is 336 g/mol. The van der Waals surface area contributed by atoms with E-state index in [1.807, 2.05) is 67.6 Å². The molecule has 0 aromatic heterocycles. The van der Waals surface area contributed by atoms with Gasteiger partial charge in [0.1, 0.15) is 6.04 Å². The number of nitrogens with zero attached hydrogens (tertiary/aromatic N) is 1. The Morgan fingerprint density at radius 1 is 1.08 bits per heavy atom. The van der Waals surface area contributed by atoms with Gasteiger partial charge >= 0.3 is 0 Å². The van der Waals surface area contributed by atoms with E-state index in [0.29, 0.717) is 19.5 Å². The average Bonchev–Trinajstić information content (AvgIpc) is 2.67. The first-order valence-electron chi connectivity index (χ1n) is 8.44. The van der Waals surface area contributed by atoms with Crippen molar-refractivity contribution in [2.45, 2.75) is 25.9 Å². The first-order valence-corrected chi connectivity index (χ1v) is 8.44. The lowest BCUT2D eigenvalue weighted by atomic mass is 10.0. The fourth-order valence-electron chi connectivity index (χ4n) is 2.68. The molecule has 0 aliphatic carbocycles. The highest BCUT2D eigenvalue weighted by atomic mass is 16.2. The molecular weight excluding hydrogens is 312 g/mol. The second kappa shape index (κ2) is 9.42. The molecule has 0 bridgehead atoms. The quantitative estimate of drug-likeness (QED) is 0.751. The molecule has 25 heavy (non-hydrogen) atoms. The Balaban J connectivity index is 2.39. The minimum absolute atomic E-state index is 0.0635. The lowest BCUT2D eigenvalue weighted by Crippen LogP contribution is -2.43. The zero-order chi connectivity index (χ0) is 18.1. The van der Waals surface area contributed by atoms with Gasteiger partial charge in [-0.25, -0.2) is 0 Å². The van der Waals surface area contributed by atoms with Crippen molar-refractivity contribution < 1.29 is 9.59 Å². The maximum Gasteiger partial charge on any atom is 0.247 e. The third-order valence-corrected chi connectivity index (χ3v) is 3.91. The molecular formula is C21H24N2O2. The predicted molar refractivity (Wildman–Crippen MR) is 99.7 cm³/mol. The van der Waals surface area contributed by atoms with Crippen molar-refractivity contribution >= 4 is 11.8 Å². The van der Waals surface area contributed by atoms with E-state index in [1.54, 1.807) is 11.0 Å². The summed E-state index contributed by atoms with van der Waals surface area (Å²) in [4.78, 5) is 27.1. The number of hydrogen-bond acceptors (Lipinski definition) is 2. The molecule has 0 spiro atoms. The third-order valence-electron chi connectivity index (χ3n) is 3.91. The number of amides is 2. The summed E-state index contributed by atoms with van der Waals surface area (Å²) in [5.74, 6) is -0.268. The SMILES string of the molecule is C=CCNC(=O)C(c1ccccc1)N(Cc1ccccc1)C(=O)CC.